The first-order chi connectivity index (χ1) is 14.0. The van der Waals surface area contributed by atoms with E-state index in [0.29, 0.717) is 19.5 Å². The zero-order valence-corrected chi connectivity index (χ0v) is 16.7. The second kappa shape index (κ2) is 8.64. The van der Waals surface area contributed by atoms with Gasteiger partial charge >= 0.3 is 0 Å². The number of aliphatic hydroxyl groups is 1. The minimum absolute atomic E-state index is 0.0257. The molecule has 4 nitrogen and oxygen atoms in total. The molecule has 2 aromatic carbocycles. The molecular weight excluding hydrogens is 367 g/mol. The Morgan fingerprint density at radius 1 is 1.10 bits per heavy atom. The first-order valence-corrected chi connectivity index (χ1v) is 10.6. The second-order valence-corrected chi connectivity index (χ2v) is 8.44. The fourth-order valence-corrected chi connectivity index (χ4v) is 5.06. The fourth-order valence-electron chi connectivity index (χ4n) is 5.06. The van der Waals surface area contributed by atoms with Gasteiger partial charge in [-0.3, -0.25) is 9.69 Å². The molecule has 154 valence electrons. The largest absolute Gasteiger partial charge is 0.389 e. The van der Waals surface area contributed by atoms with Gasteiger partial charge in [-0.15, -0.1) is 0 Å². The van der Waals surface area contributed by atoms with Crippen molar-refractivity contribution in [2.24, 2.45) is 5.92 Å². The van der Waals surface area contributed by atoms with Crippen LogP contribution in [0.4, 0.5) is 4.39 Å². The number of halogens is 1. The quantitative estimate of drug-likeness (QED) is 0.808. The molecule has 1 aliphatic heterocycles. The van der Waals surface area contributed by atoms with Crippen molar-refractivity contribution in [3.8, 4) is 0 Å². The standard InChI is InChI=1S/C24H29FN2O2/c25-20-11-9-19(10-12-20)23-21-8-4-5-13-24(21,29)14-15-27(23)17-22(28)26-16-18-6-2-1-3-7-18/h1-3,6-7,9-12,21,23,29H,4-5,8,13-17H2,(H,26,28)/t21-,23+,24+/m0/s1. The monoisotopic (exact) mass is 396 g/mol. The zero-order chi connectivity index (χ0) is 20.3. The Hall–Kier alpha value is -2.24. The van der Waals surface area contributed by atoms with Crippen LogP contribution >= 0.6 is 0 Å². The van der Waals surface area contributed by atoms with Gasteiger partial charge in [-0.2, -0.15) is 0 Å². The third-order valence-corrected chi connectivity index (χ3v) is 6.56. The van der Waals surface area contributed by atoms with E-state index in [1.165, 1.54) is 12.1 Å². The van der Waals surface area contributed by atoms with Gasteiger partial charge < -0.3 is 10.4 Å². The number of rotatable bonds is 5. The van der Waals surface area contributed by atoms with Crippen LogP contribution in [-0.2, 0) is 11.3 Å². The second-order valence-electron chi connectivity index (χ2n) is 8.44. The van der Waals surface area contributed by atoms with Gasteiger partial charge in [-0.05, 0) is 42.5 Å². The lowest BCUT2D eigenvalue weighted by molar-refractivity contribution is -0.138. The third kappa shape index (κ3) is 4.51. The number of amides is 1. The number of carbonyl (C=O) groups excluding carboxylic acids is 1. The van der Waals surface area contributed by atoms with Crippen molar-refractivity contribution in [3.05, 3.63) is 71.5 Å². The fraction of sp³-hybridized carbons (Fsp3) is 0.458. The Labute approximate surface area is 171 Å². The van der Waals surface area contributed by atoms with Crippen LogP contribution in [0.25, 0.3) is 0 Å². The number of likely N-dealkylation sites (tertiary alicyclic amines) is 1. The minimum Gasteiger partial charge on any atom is -0.389 e. The topological polar surface area (TPSA) is 52.6 Å². The third-order valence-electron chi connectivity index (χ3n) is 6.56. The summed E-state index contributed by atoms with van der Waals surface area (Å²) in [6, 6.07) is 16.3. The van der Waals surface area contributed by atoms with Crippen LogP contribution in [0.15, 0.2) is 54.6 Å². The van der Waals surface area contributed by atoms with Gasteiger partial charge in [-0.1, -0.05) is 55.3 Å². The number of hydrogen-bond donors (Lipinski definition) is 2. The van der Waals surface area contributed by atoms with E-state index in [1.54, 1.807) is 12.1 Å². The highest BCUT2D eigenvalue weighted by atomic mass is 19.1. The summed E-state index contributed by atoms with van der Waals surface area (Å²) in [4.78, 5) is 14.8. The predicted octanol–water partition coefficient (Wildman–Crippen LogP) is 3.81. The Morgan fingerprint density at radius 2 is 1.86 bits per heavy atom. The maximum absolute atomic E-state index is 13.5. The number of hydrogen-bond acceptors (Lipinski definition) is 3. The van der Waals surface area contributed by atoms with Crippen LogP contribution in [0.3, 0.4) is 0 Å². The molecule has 3 atom stereocenters. The highest BCUT2D eigenvalue weighted by Gasteiger charge is 2.49. The summed E-state index contributed by atoms with van der Waals surface area (Å²) in [5.41, 5.74) is 1.36. The lowest BCUT2D eigenvalue weighted by Gasteiger charge is -2.52. The minimum atomic E-state index is -0.686. The van der Waals surface area contributed by atoms with E-state index in [4.69, 9.17) is 0 Å². The van der Waals surface area contributed by atoms with Crippen LogP contribution < -0.4 is 5.32 Å². The van der Waals surface area contributed by atoms with E-state index in [1.807, 2.05) is 30.3 Å². The molecule has 29 heavy (non-hydrogen) atoms. The van der Waals surface area contributed by atoms with Gasteiger partial charge in [0.15, 0.2) is 0 Å². The van der Waals surface area contributed by atoms with Crippen molar-refractivity contribution in [2.45, 2.75) is 50.3 Å². The Kier molecular flexibility index (Phi) is 5.97. The van der Waals surface area contributed by atoms with E-state index in [9.17, 15) is 14.3 Å². The van der Waals surface area contributed by atoms with Crippen molar-refractivity contribution in [1.82, 2.24) is 10.2 Å². The number of benzene rings is 2. The smallest absolute Gasteiger partial charge is 0.234 e. The summed E-state index contributed by atoms with van der Waals surface area (Å²) < 4.78 is 13.5. The van der Waals surface area contributed by atoms with Gasteiger partial charge in [0, 0.05) is 25.0 Å². The summed E-state index contributed by atoms with van der Waals surface area (Å²) in [5.74, 6) is -0.227. The molecule has 1 heterocycles. The van der Waals surface area contributed by atoms with Gasteiger partial charge in [-0.25, -0.2) is 4.39 Å². The molecule has 1 saturated heterocycles. The predicted molar refractivity (Wildman–Crippen MR) is 111 cm³/mol. The lowest BCUT2D eigenvalue weighted by atomic mass is 9.66. The van der Waals surface area contributed by atoms with Crippen LogP contribution in [0.1, 0.15) is 49.3 Å². The average Bonchev–Trinajstić information content (AvgIpc) is 2.74. The van der Waals surface area contributed by atoms with Crippen molar-refractivity contribution in [3.63, 3.8) is 0 Å². The van der Waals surface area contributed by atoms with E-state index in [2.05, 4.69) is 10.2 Å². The highest BCUT2D eigenvalue weighted by Crippen LogP contribution is 2.49. The first-order valence-electron chi connectivity index (χ1n) is 10.6. The van der Waals surface area contributed by atoms with Crippen molar-refractivity contribution >= 4 is 5.91 Å². The maximum Gasteiger partial charge on any atom is 0.234 e. The summed E-state index contributed by atoms with van der Waals surface area (Å²) in [6.07, 6.45) is 4.55. The lowest BCUT2D eigenvalue weighted by Crippen LogP contribution is -2.56. The molecule has 4 rings (SSSR count). The van der Waals surface area contributed by atoms with E-state index < -0.39 is 5.60 Å². The Bertz CT molecular complexity index is 827. The molecule has 1 saturated carbocycles. The summed E-state index contributed by atoms with van der Waals surface area (Å²) in [6.45, 7) is 1.44. The van der Waals surface area contributed by atoms with E-state index in [-0.39, 0.29) is 30.2 Å². The molecule has 2 aliphatic rings. The Morgan fingerprint density at radius 3 is 2.62 bits per heavy atom. The summed E-state index contributed by atoms with van der Waals surface area (Å²) >= 11 is 0. The van der Waals surface area contributed by atoms with Gasteiger partial charge in [0.25, 0.3) is 0 Å². The number of fused-ring (bicyclic) bond motifs is 1. The van der Waals surface area contributed by atoms with E-state index in [0.717, 1.165) is 36.8 Å². The Balaban J connectivity index is 1.51. The molecule has 0 unspecified atom stereocenters. The first kappa shape index (κ1) is 20.0. The van der Waals surface area contributed by atoms with Crippen LogP contribution in [-0.4, -0.2) is 34.6 Å². The number of nitrogens with zero attached hydrogens (tertiary/aromatic N) is 1. The molecule has 0 bridgehead atoms. The van der Waals surface area contributed by atoms with Crippen LogP contribution in [0.2, 0.25) is 0 Å². The van der Waals surface area contributed by atoms with Crippen molar-refractivity contribution in [2.75, 3.05) is 13.1 Å². The average molecular weight is 397 g/mol. The molecule has 2 aromatic rings. The maximum atomic E-state index is 13.5. The molecule has 2 N–H and O–H groups in total. The zero-order valence-electron chi connectivity index (χ0n) is 16.7. The number of nitrogens with one attached hydrogen (secondary N) is 1. The van der Waals surface area contributed by atoms with E-state index >= 15 is 0 Å². The summed E-state index contributed by atoms with van der Waals surface area (Å²) in [7, 11) is 0. The molecule has 0 spiro atoms. The van der Waals surface area contributed by atoms with Crippen LogP contribution in [0.5, 0.6) is 0 Å². The molecule has 1 amide bonds. The molecular formula is C24H29FN2O2. The number of carbonyl (C=O) groups is 1. The normalized spacial score (nSPS) is 27.2. The highest BCUT2D eigenvalue weighted by molar-refractivity contribution is 5.78. The molecule has 0 aromatic heterocycles. The van der Waals surface area contributed by atoms with Gasteiger partial charge in [0.2, 0.25) is 5.91 Å². The van der Waals surface area contributed by atoms with Gasteiger partial charge in [0.05, 0.1) is 12.1 Å². The van der Waals surface area contributed by atoms with Crippen LogP contribution in [0, 0.1) is 11.7 Å². The molecule has 0 radical (unpaired) electrons. The number of piperidine rings is 1. The van der Waals surface area contributed by atoms with Crippen molar-refractivity contribution < 1.29 is 14.3 Å². The molecule has 2 fully saturated rings. The van der Waals surface area contributed by atoms with Gasteiger partial charge in [0.1, 0.15) is 5.82 Å². The van der Waals surface area contributed by atoms with Crippen molar-refractivity contribution in [1.29, 1.82) is 0 Å². The molecule has 5 heteroatoms. The molecule has 1 aliphatic carbocycles. The summed E-state index contributed by atoms with van der Waals surface area (Å²) in [5, 5.41) is 14.3. The SMILES string of the molecule is O=C(CN1CC[C@]2(O)CCCC[C@H]2[C@H]1c1ccc(F)cc1)NCc1ccccc1.